The number of benzene rings is 2. The van der Waals surface area contributed by atoms with Crippen molar-refractivity contribution in [2.75, 3.05) is 0 Å². The van der Waals surface area contributed by atoms with Crippen LogP contribution in [0.3, 0.4) is 0 Å². The fourth-order valence-electron chi connectivity index (χ4n) is 4.24. The van der Waals surface area contributed by atoms with Crippen LogP contribution in [0.2, 0.25) is 0 Å². The van der Waals surface area contributed by atoms with Crippen LogP contribution in [0.4, 0.5) is 0 Å². The predicted octanol–water partition coefficient (Wildman–Crippen LogP) is 4.21. The van der Waals surface area contributed by atoms with Crippen LogP contribution < -0.4 is 5.32 Å². The molecule has 2 atom stereocenters. The molecule has 3 aromatic rings. The second-order valence-electron chi connectivity index (χ2n) is 7.64. The number of rotatable bonds is 6. The van der Waals surface area contributed by atoms with Gasteiger partial charge in [-0.1, -0.05) is 48.5 Å². The average Bonchev–Trinajstić information content (AvgIpc) is 3.24. The molecule has 4 rings (SSSR count). The van der Waals surface area contributed by atoms with Gasteiger partial charge >= 0.3 is 5.97 Å². The van der Waals surface area contributed by atoms with Crippen molar-refractivity contribution in [2.24, 2.45) is 0 Å². The number of nitrogens with zero attached hydrogens (tertiary/aromatic N) is 1. The van der Waals surface area contributed by atoms with Crippen molar-refractivity contribution < 1.29 is 19.5 Å². The minimum absolute atomic E-state index is 0.0412. The minimum Gasteiger partial charge on any atom is -0.481 e. The first kappa shape index (κ1) is 21.5. The Hall–Kier alpha value is -3.76. The molecule has 7 heteroatoms. The van der Waals surface area contributed by atoms with Crippen LogP contribution in [0.15, 0.2) is 60.7 Å². The summed E-state index contributed by atoms with van der Waals surface area (Å²) >= 11 is 1.31. The largest absolute Gasteiger partial charge is 0.481 e. The van der Waals surface area contributed by atoms with Gasteiger partial charge < -0.3 is 10.4 Å². The smallest absolute Gasteiger partial charge is 0.304 e. The van der Waals surface area contributed by atoms with Crippen molar-refractivity contribution in [2.45, 2.75) is 31.2 Å². The maximum absolute atomic E-state index is 13.5. The Morgan fingerprint density at radius 3 is 2.25 bits per heavy atom. The molecule has 2 aromatic carbocycles. The number of carbonyl (C=O) groups is 3. The number of thiophene rings is 1. The molecule has 1 amide bonds. The molecule has 1 aromatic heterocycles. The summed E-state index contributed by atoms with van der Waals surface area (Å²) in [5, 5.41) is 21.3. The highest BCUT2D eigenvalue weighted by Gasteiger charge is 2.36. The van der Waals surface area contributed by atoms with Crippen LogP contribution in [-0.4, -0.2) is 22.8 Å². The second-order valence-corrected chi connectivity index (χ2v) is 8.81. The molecule has 2 unspecified atom stereocenters. The van der Waals surface area contributed by atoms with Crippen LogP contribution in [-0.2, 0) is 16.1 Å². The summed E-state index contributed by atoms with van der Waals surface area (Å²) < 4.78 is 0. The van der Waals surface area contributed by atoms with Crippen LogP contribution in [0.25, 0.3) is 0 Å². The van der Waals surface area contributed by atoms with Crippen molar-refractivity contribution in [3.05, 3.63) is 92.7 Å². The highest BCUT2D eigenvalue weighted by molar-refractivity contribution is 7.12. The average molecular weight is 445 g/mol. The molecule has 2 N–H and O–H groups in total. The summed E-state index contributed by atoms with van der Waals surface area (Å²) in [5.41, 5.74) is 2.60. The molecule has 6 nitrogen and oxygen atoms in total. The lowest BCUT2D eigenvalue weighted by atomic mass is 9.84. The third-order valence-electron chi connectivity index (χ3n) is 5.66. The molecule has 0 aliphatic heterocycles. The van der Waals surface area contributed by atoms with Gasteiger partial charge in [-0.3, -0.25) is 14.4 Å². The molecule has 0 bridgehead atoms. The van der Waals surface area contributed by atoms with Gasteiger partial charge in [-0.2, -0.15) is 5.26 Å². The van der Waals surface area contributed by atoms with E-state index in [0.717, 1.165) is 10.4 Å². The van der Waals surface area contributed by atoms with Gasteiger partial charge in [-0.25, -0.2) is 0 Å². The van der Waals surface area contributed by atoms with E-state index in [0.29, 0.717) is 21.6 Å². The number of carbonyl (C=O) groups excluding carboxylic acids is 2. The summed E-state index contributed by atoms with van der Waals surface area (Å²) in [4.78, 5) is 39.3. The van der Waals surface area contributed by atoms with Gasteiger partial charge in [0.25, 0.3) is 0 Å². The normalized spacial score (nSPS) is 16.9. The molecule has 1 aliphatic rings. The Labute approximate surface area is 189 Å². The zero-order valence-electron chi connectivity index (χ0n) is 17.1. The first-order valence-corrected chi connectivity index (χ1v) is 11.0. The predicted molar refractivity (Wildman–Crippen MR) is 120 cm³/mol. The standard InChI is InChI=1S/C25H20N2O4S/c26-13-15-9-10-16(32-15)14-27-23(28)11-22-18-6-2-1-5-17(18)21(12-24(29)30)19-7-3-4-8-20(19)25(22)31/h1-10,21-22H,11-12,14H2,(H,27,28)(H,29,30). The Morgan fingerprint density at radius 1 is 0.938 bits per heavy atom. The highest BCUT2D eigenvalue weighted by Crippen LogP contribution is 2.41. The number of amides is 1. The van der Waals surface area contributed by atoms with Crippen molar-refractivity contribution in [1.29, 1.82) is 5.26 Å². The molecular formula is C25H20N2O4S. The molecule has 0 saturated carbocycles. The molecule has 1 aliphatic carbocycles. The van der Waals surface area contributed by atoms with E-state index in [4.69, 9.17) is 5.26 Å². The highest BCUT2D eigenvalue weighted by atomic mass is 32.1. The molecule has 32 heavy (non-hydrogen) atoms. The zero-order chi connectivity index (χ0) is 22.7. The maximum Gasteiger partial charge on any atom is 0.304 e. The second kappa shape index (κ2) is 9.16. The number of fused-ring (bicyclic) bond motifs is 2. The van der Waals surface area contributed by atoms with E-state index >= 15 is 0 Å². The number of hydrogen-bond acceptors (Lipinski definition) is 5. The van der Waals surface area contributed by atoms with Crippen molar-refractivity contribution in [3.8, 4) is 6.07 Å². The summed E-state index contributed by atoms with van der Waals surface area (Å²) in [6.07, 6.45) is -0.180. The Balaban J connectivity index is 1.65. The molecule has 0 saturated heterocycles. The van der Waals surface area contributed by atoms with Gasteiger partial charge in [0.15, 0.2) is 5.78 Å². The molecule has 0 spiro atoms. The topological polar surface area (TPSA) is 107 Å². The number of ketones is 1. The van der Waals surface area contributed by atoms with Crippen LogP contribution in [0.5, 0.6) is 0 Å². The van der Waals surface area contributed by atoms with Gasteiger partial charge in [0, 0.05) is 22.8 Å². The molecular weight excluding hydrogens is 424 g/mol. The molecule has 0 radical (unpaired) electrons. The van der Waals surface area contributed by atoms with Gasteiger partial charge in [-0.15, -0.1) is 11.3 Å². The number of carboxylic acids is 1. The van der Waals surface area contributed by atoms with E-state index in [2.05, 4.69) is 11.4 Å². The van der Waals surface area contributed by atoms with Gasteiger partial charge in [-0.05, 0) is 28.8 Å². The number of nitriles is 1. The zero-order valence-corrected chi connectivity index (χ0v) is 17.9. The molecule has 0 fully saturated rings. The minimum atomic E-state index is -0.948. The number of hydrogen-bond donors (Lipinski definition) is 2. The first-order chi connectivity index (χ1) is 15.5. The van der Waals surface area contributed by atoms with Gasteiger partial charge in [0.05, 0.1) is 18.9 Å². The van der Waals surface area contributed by atoms with Crippen molar-refractivity contribution >= 4 is 29.0 Å². The maximum atomic E-state index is 13.5. The third kappa shape index (κ3) is 4.32. The summed E-state index contributed by atoms with van der Waals surface area (Å²) in [7, 11) is 0. The van der Waals surface area contributed by atoms with E-state index in [1.165, 1.54) is 11.3 Å². The van der Waals surface area contributed by atoms with Crippen LogP contribution in [0.1, 0.15) is 61.5 Å². The number of aliphatic carboxylic acids is 1. The van der Waals surface area contributed by atoms with E-state index in [9.17, 15) is 19.5 Å². The lowest BCUT2D eigenvalue weighted by Gasteiger charge is -2.19. The number of nitrogens with one attached hydrogen (secondary N) is 1. The quantitative estimate of drug-likeness (QED) is 0.592. The fourth-order valence-corrected chi connectivity index (χ4v) is 4.99. The Bertz CT molecular complexity index is 1240. The van der Waals surface area contributed by atoms with Gasteiger partial charge in [0.2, 0.25) is 5.91 Å². The van der Waals surface area contributed by atoms with E-state index in [1.54, 1.807) is 42.5 Å². The van der Waals surface area contributed by atoms with E-state index in [1.807, 2.05) is 18.2 Å². The van der Waals surface area contributed by atoms with Crippen molar-refractivity contribution in [1.82, 2.24) is 5.32 Å². The van der Waals surface area contributed by atoms with Crippen LogP contribution in [0, 0.1) is 11.3 Å². The lowest BCUT2D eigenvalue weighted by Crippen LogP contribution is -2.27. The van der Waals surface area contributed by atoms with E-state index < -0.39 is 17.8 Å². The summed E-state index contributed by atoms with van der Waals surface area (Å²) in [6.45, 7) is 0.284. The number of carboxylic acid groups (broad SMARTS) is 1. The lowest BCUT2D eigenvalue weighted by molar-refractivity contribution is -0.137. The Kier molecular flexibility index (Phi) is 6.15. The monoisotopic (exact) mass is 444 g/mol. The SMILES string of the molecule is N#Cc1ccc(CNC(=O)CC2C(=O)c3ccccc3C(CC(=O)O)c3ccccc32)s1. The molecule has 1 heterocycles. The number of Topliss-reactive ketones (excluding diaryl/α,β-unsaturated/α-hetero) is 1. The first-order valence-electron chi connectivity index (χ1n) is 10.2. The summed E-state index contributed by atoms with van der Waals surface area (Å²) in [5.74, 6) is -2.58. The molecule has 160 valence electrons. The van der Waals surface area contributed by atoms with Crippen LogP contribution >= 0.6 is 11.3 Å². The third-order valence-corrected chi connectivity index (χ3v) is 6.65. The van der Waals surface area contributed by atoms with Gasteiger partial charge in [0.1, 0.15) is 10.9 Å². The van der Waals surface area contributed by atoms with E-state index in [-0.39, 0.29) is 31.1 Å². The fraction of sp³-hybridized carbons (Fsp3) is 0.200. The Morgan fingerprint density at radius 2 is 1.59 bits per heavy atom. The van der Waals surface area contributed by atoms with Crippen molar-refractivity contribution in [3.63, 3.8) is 0 Å². The summed E-state index contributed by atoms with van der Waals surface area (Å²) in [6, 6.07) is 19.9.